The van der Waals surface area contributed by atoms with Crippen molar-refractivity contribution >= 4 is 60.0 Å². The SMILES string of the molecule is C=CC(c1cccc2nc(C)sc12)S(=O)(=O)n1c(C(C)C(=O)O)cc2cc(Cl)ccc21. The van der Waals surface area contributed by atoms with Gasteiger partial charge in [0.2, 0.25) is 10.0 Å². The highest BCUT2D eigenvalue weighted by molar-refractivity contribution is 7.90. The quantitative estimate of drug-likeness (QED) is 0.372. The van der Waals surface area contributed by atoms with E-state index in [1.54, 1.807) is 36.4 Å². The topological polar surface area (TPSA) is 89.3 Å². The van der Waals surface area contributed by atoms with Crippen LogP contribution >= 0.6 is 22.9 Å². The number of carbonyl (C=O) groups is 1. The molecule has 9 heteroatoms. The van der Waals surface area contributed by atoms with Gasteiger partial charge in [-0.15, -0.1) is 17.9 Å². The van der Waals surface area contributed by atoms with Gasteiger partial charge < -0.3 is 5.11 Å². The molecular formula is C22H19ClN2O4S2. The van der Waals surface area contributed by atoms with Crippen molar-refractivity contribution in [3.8, 4) is 0 Å². The van der Waals surface area contributed by atoms with E-state index in [2.05, 4.69) is 11.6 Å². The summed E-state index contributed by atoms with van der Waals surface area (Å²) >= 11 is 7.51. The Bertz CT molecular complexity index is 1450. The van der Waals surface area contributed by atoms with Gasteiger partial charge in [-0.25, -0.2) is 17.4 Å². The van der Waals surface area contributed by atoms with E-state index in [9.17, 15) is 18.3 Å². The number of aliphatic carboxylic acids is 1. The van der Waals surface area contributed by atoms with Crippen LogP contribution in [0.15, 0.2) is 55.1 Å². The average molecular weight is 475 g/mol. The molecule has 4 aromatic rings. The largest absolute Gasteiger partial charge is 0.481 e. The van der Waals surface area contributed by atoms with Gasteiger partial charge in [0.1, 0.15) is 5.25 Å². The summed E-state index contributed by atoms with van der Waals surface area (Å²) in [5.41, 5.74) is 1.80. The first-order chi connectivity index (χ1) is 14.6. The van der Waals surface area contributed by atoms with Crippen LogP contribution in [0.3, 0.4) is 0 Å². The van der Waals surface area contributed by atoms with Gasteiger partial charge in [-0.05, 0) is 49.7 Å². The number of aromatic nitrogens is 2. The van der Waals surface area contributed by atoms with Crippen LogP contribution in [0.2, 0.25) is 5.02 Å². The van der Waals surface area contributed by atoms with Crippen LogP contribution < -0.4 is 0 Å². The second-order valence-electron chi connectivity index (χ2n) is 7.23. The lowest BCUT2D eigenvalue weighted by molar-refractivity contribution is -0.138. The van der Waals surface area contributed by atoms with Gasteiger partial charge in [-0.1, -0.05) is 29.8 Å². The summed E-state index contributed by atoms with van der Waals surface area (Å²) in [4.78, 5) is 16.2. The Labute approximate surface area is 188 Å². The monoisotopic (exact) mass is 474 g/mol. The summed E-state index contributed by atoms with van der Waals surface area (Å²) in [5.74, 6) is -2.17. The van der Waals surface area contributed by atoms with E-state index < -0.39 is 27.2 Å². The molecule has 0 aliphatic rings. The maximum Gasteiger partial charge on any atom is 0.312 e. The number of halogens is 1. The molecule has 0 amide bonds. The molecular weight excluding hydrogens is 456 g/mol. The molecule has 4 rings (SSSR count). The number of rotatable bonds is 6. The van der Waals surface area contributed by atoms with Crippen LogP contribution in [0.25, 0.3) is 21.1 Å². The normalized spacial score (nSPS) is 14.0. The molecule has 2 aromatic heterocycles. The Morgan fingerprint density at radius 3 is 2.71 bits per heavy atom. The molecule has 2 aromatic carbocycles. The third-order valence-corrected chi connectivity index (χ3v) is 8.48. The van der Waals surface area contributed by atoms with E-state index >= 15 is 0 Å². The van der Waals surface area contributed by atoms with E-state index in [1.165, 1.54) is 24.3 Å². The fraction of sp³-hybridized carbons (Fsp3) is 0.182. The number of hydrogen-bond donors (Lipinski definition) is 1. The van der Waals surface area contributed by atoms with Crippen molar-refractivity contribution in [3.05, 3.63) is 76.4 Å². The van der Waals surface area contributed by atoms with Crippen molar-refractivity contribution in [2.24, 2.45) is 0 Å². The number of hydrogen-bond acceptors (Lipinski definition) is 5. The highest BCUT2D eigenvalue weighted by Gasteiger charge is 2.34. The minimum atomic E-state index is -4.12. The number of nitrogens with zero attached hydrogens (tertiary/aromatic N) is 2. The second-order valence-corrected chi connectivity index (χ2v) is 10.8. The molecule has 0 saturated heterocycles. The van der Waals surface area contributed by atoms with Crippen molar-refractivity contribution < 1.29 is 18.3 Å². The third kappa shape index (κ3) is 3.54. The predicted octanol–water partition coefficient (Wildman–Crippen LogP) is 5.51. The van der Waals surface area contributed by atoms with Crippen molar-refractivity contribution in [2.45, 2.75) is 25.0 Å². The fourth-order valence-electron chi connectivity index (χ4n) is 3.72. The molecule has 0 radical (unpaired) electrons. The minimum Gasteiger partial charge on any atom is -0.481 e. The van der Waals surface area contributed by atoms with Crippen LogP contribution in [0, 0.1) is 6.92 Å². The van der Waals surface area contributed by atoms with Gasteiger partial charge in [0, 0.05) is 16.1 Å². The number of carboxylic acids is 1. The first-order valence-corrected chi connectivity index (χ1v) is 12.1. The zero-order valence-corrected chi connectivity index (χ0v) is 19.1. The van der Waals surface area contributed by atoms with E-state index in [0.29, 0.717) is 27.0 Å². The van der Waals surface area contributed by atoms with Crippen LogP contribution in [-0.4, -0.2) is 28.5 Å². The molecule has 0 fully saturated rings. The smallest absolute Gasteiger partial charge is 0.312 e. The highest BCUT2D eigenvalue weighted by atomic mass is 35.5. The van der Waals surface area contributed by atoms with Crippen LogP contribution in [0.1, 0.15) is 34.4 Å². The Kier molecular flexibility index (Phi) is 5.41. The lowest BCUT2D eigenvalue weighted by Crippen LogP contribution is -2.24. The molecule has 0 saturated carbocycles. The summed E-state index contributed by atoms with van der Waals surface area (Å²) < 4.78 is 29.8. The summed E-state index contributed by atoms with van der Waals surface area (Å²) in [6.45, 7) is 7.11. The first-order valence-electron chi connectivity index (χ1n) is 9.42. The van der Waals surface area contributed by atoms with E-state index in [1.807, 2.05) is 13.0 Å². The fourth-order valence-corrected chi connectivity index (χ4v) is 6.88. The zero-order valence-electron chi connectivity index (χ0n) is 16.7. The number of benzene rings is 2. The lowest BCUT2D eigenvalue weighted by atomic mass is 10.1. The Hall–Kier alpha value is -2.68. The zero-order chi connectivity index (χ0) is 22.5. The van der Waals surface area contributed by atoms with Gasteiger partial charge in [0.15, 0.2) is 0 Å². The predicted molar refractivity (Wildman–Crippen MR) is 125 cm³/mol. The molecule has 2 heterocycles. The molecule has 160 valence electrons. The van der Waals surface area contributed by atoms with Crippen molar-refractivity contribution in [1.82, 2.24) is 8.96 Å². The summed E-state index contributed by atoms with van der Waals surface area (Å²) in [6, 6.07) is 11.7. The molecule has 0 aliphatic carbocycles. The van der Waals surface area contributed by atoms with Crippen molar-refractivity contribution in [1.29, 1.82) is 0 Å². The average Bonchev–Trinajstić information content (AvgIpc) is 3.27. The van der Waals surface area contributed by atoms with E-state index in [-0.39, 0.29) is 5.69 Å². The molecule has 2 atom stereocenters. The summed E-state index contributed by atoms with van der Waals surface area (Å²) in [6.07, 6.45) is 1.37. The maximum atomic E-state index is 14.0. The molecule has 31 heavy (non-hydrogen) atoms. The van der Waals surface area contributed by atoms with E-state index in [4.69, 9.17) is 11.6 Å². The Morgan fingerprint density at radius 2 is 2.03 bits per heavy atom. The molecule has 0 aliphatic heterocycles. The lowest BCUT2D eigenvalue weighted by Gasteiger charge is -2.20. The minimum absolute atomic E-state index is 0.157. The van der Waals surface area contributed by atoms with Gasteiger partial charge in [-0.2, -0.15) is 0 Å². The molecule has 2 unspecified atom stereocenters. The number of thiazole rings is 1. The van der Waals surface area contributed by atoms with Crippen LogP contribution in [0.5, 0.6) is 0 Å². The van der Waals surface area contributed by atoms with Gasteiger partial charge in [-0.3, -0.25) is 4.79 Å². The molecule has 0 bridgehead atoms. The number of aryl methyl sites for hydroxylation is 1. The molecule has 1 N–H and O–H groups in total. The van der Waals surface area contributed by atoms with Gasteiger partial charge in [0.25, 0.3) is 0 Å². The summed E-state index contributed by atoms with van der Waals surface area (Å²) in [7, 11) is -4.12. The highest BCUT2D eigenvalue weighted by Crippen LogP contribution is 2.38. The number of carboxylic acid groups (broad SMARTS) is 1. The van der Waals surface area contributed by atoms with Crippen molar-refractivity contribution in [2.75, 3.05) is 0 Å². The Morgan fingerprint density at radius 1 is 1.29 bits per heavy atom. The number of fused-ring (bicyclic) bond motifs is 2. The van der Waals surface area contributed by atoms with Gasteiger partial charge >= 0.3 is 5.97 Å². The third-order valence-electron chi connectivity index (χ3n) is 5.21. The molecule has 6 nitrogen and oxygen atoms in total. The second kappa shape index (κ2) is 7.78. The maximum absolute atomic E-state index is 14.0. The van der Waals surface area contributed by atoms with E-state index in [0.717, 1.165) is 13.7 Å². The molecule has 0 spiro atoms. The van der Waals surface area contributed by atoms with Crippen LogP contribution in [-0.2, 0) is 14.8 Å². The first kappa shape index (κ1) is 21.5. The van der Waals surface area contributed by atoms with Crippen molar-refractivity contribution in [3.63, 3.8) is 0 Å². The summed E-state index contributed by atoms with van der Waals surface area (Å²) in [5, 5.41) is 10.3. The standard InChI is InChI=1S/C22H19ClN2O4S2/c1-4-20(16-6-5-7-17-21(16)30-13(3)24-17)31(28,29)25-18-9-8-15(23)10-14(18)11-19(25)12(2)22(26)27/h4-12,20H,1H2,2-3H3,(H,26,27). The van der Waals surface area contributed by atoms with Crippen LogP contribution in [0.4, 0.5) is 0 Å². The Balaban J connectivity index is 2.02. The van der Waals surface area contributed by atoms with Gasteiger partial charge in [0.05, 0.1) is 26.7 Å².